The number of benzene rings is 2. The molecule has 0 saturated carbocycles. The van der Waals surface area contributed by atoms with Gasteiger partial charge in [0.05, 0.1) is 5.56 Å². The number of anilines is 1. The molecule has 0 bridgehead atoms. The van der Waals surface area contributed by atoms with Crippen molar-refractivity contribution in [2.45, 2.75) is 6.10 Å². The Balaban J connectivity index is 1.73. The van der Waals surface area contributed by atoms with Crippen LogP contribution in [0.4, 0.5) is 5.82 Å². The van der Waals surface area contributed by atoms with Crippen molar-refractivity contribution < 1.29 is 9.26 Å². The molecule has 29 heavy (non-hydrogen) atoms. The average Bonchev–Trinajstić information content (AvgIpc) is 3.23. The van der Waals surface area contributed by atoms with Crippen LogP contribution in [0.5, 0.6) is 5.75 Å². The lowest BCUT2D eigenvalue weighted by Crippen LogP contribution is -2.10. The van der Waals surface area contributed by atoms with E-state index in [1.165, 1.54) is 0 Å². The minimum absolute atomic E-state index is 0.295. The van der Waals surface area contributed by atoms with E-state index < -0.39 is 6.10 Å². The topological polar surface area (TPSA) is 73.1 Å². The molecule has 1 N–H and O–H groups in total. The van der Waals surface area contributed by atoms with Crippen molar-refractivity contribution in [1.82, 2.24) is 15.1 Å². The summed E-state index contributed by atoms with van der Waals surface area (Å²) in [4.78, 5) is 8.84. The van der Waals surface area contributed by atoms with Crippen molar-refractivity contribution in [1.29, 1.82) is 0 Å². The van der Waals surface area contributed by atoms with Gasteiger partial charge in [0.25, 0.3) is 5.89 Å². The van der Waals surface area contributed by atoms with Crippen molar-refractivity contribution in [3.63, 3.8) is 0 Å². The second-order valence-electron chi connectivity index (χ2n) is 6.11. The van der Waals surface area contributed by atoms with Crippen LogP contribution in [0, 0.1) is 0 Å². The molecule has 0 aliphatic heterocycles. The molecule has 0 aliphatic carbocycles. The maximum atomic E-state index is 6.18. The first-order valence-electron chi connectivity index (χ1n) is 8.78. The molecule has 4 aromatic rings. The van der Waals surface area contributed by atoms with Gasteiger partial charge < -0.3 is 14.6 Å². The van der Waals surface area contributed by atoms with E-state index in [0.29, 0.717) is 33.3 Å². The third-order valence-electron chi connectivity index (χ3n) is 4.17. The van der Waals surface area contributed by atoms with Crippen LogP contribution >= 0.6 is 23.2 Å². The predicted molar refractivity (Wildman–Crippen MR) is 112 cm³/mol. The Morgan fingerprint density at radius 1 is 1.00 bits per heavy atom. The predicted octanol–water partition coefficient (Wildman–Crippen LogP) is 5.65. The van der Waals surface area contributed by atoms with Gasteiger partial charge in [0.15, 0.2) is 0 Å². The molecule has 2 heterocycles. The van der Waals surface area contributed by atoms with Crippen LogP contribution in [-0.2, 0) is 0 Å². The van der Waals surface area contributed by atoms with Gasteiger partial charge in [-0.3, -0.25) is 0 Å². The molecular formula is C21H16Cl2N4O2. The highest BCUT2D eigenvalue weighted by molar-refractivity contribution is 6.30. The standard InChI is InChI=1S/C21H16Cl2N4O2/c1-24-19-17(6-3-11-25-19)20-26-21(29-27-20)18(13-4-2-5-15(23)12-13)28-16-9-7-14(22)8-10-16/h2-12,18H,1H3,(H,24,25). The van der Waals surface area contributed by atoms with Crippen molar-refractivity contribution >= 4 is 29.0 Å². The molecule has 0 amide bonds. The highest BCUT2D eigenvalue weighted by Gasteiger charge is 2.25. The minimum atomic E-state index is -0.647. The first kappa shape index (κ1) is 19.2. The second kappa shape index (κ2) is 8.51. The molecule has 6 nitrogen and oxygen atoms in total. The van der Waals surface area contributed by atoms with Crippen molar-refractivity contribution in [3.05, 3.63) is 88.4 Å². The average molecular weight is 427 g/mol. The number of ether oxygens (including phenoxy) is 1. The van der Waals surface area contributed by atoms with Gasteiger partial charge in [-0.05, 0) is 48.5 Å². The van der Waals surface area contributed by atoms with E-state index in [0.717, 1.165) is 11.1 Å². The van der Waals surface area contributed by atoms with E-state index >= 15 is 0 Å². The molecule has 0 spiro atoms. The largest absolute Gasteiger partial charge is 0.476 e. The van der Waals surface area contributed by atoms with E-state index in [4.69, 9.17) is 32.5 Å². The first-order valence-corrected chi connectivity index (χ1v) is 9.54. The summed E-state index contributed by atoms with van der Waals surface area (Å²) < 4.78 is 11.7. The van der Waals surface area contributed by atoms with Crippen LogP contribution in [0.3, 0.4) is 0 Å². The van der Waals surface area contributed by atoms with Gasteiger partial charge in [0, 0.05) is 28.9 Å². The van der Waals surface area contributed by atoms with E-state index in [1.54, 1.807) is 49.6 Å². The fourth-order valence-electron chi connectivity index (χ4n) is 2.82. The smallest absolute Gasteiger partial charge is 0.272 e. The summed E-state index contributed by atoms with van der Waals surface area (Å²) >= 11 is 12.2. The Labute approximate surface area is 177 Å². The van der Waals surface area contributed by atoms with E-state index in [9.17, 15) is 0 Å². The summed E-state index contributed by atoms with van der Waals surface area (Å²) in [6.45, 7) is 0. The lowest BCUT2D eigenvalue weighted by molar-refractivity contribution is 0.193. The van der Waals surface area contributed by atoms with Crippen LogP contribution in [-0.4, -0.2) is 22.2 Å². The fourth-order valence-corrected chi connectivity index (χ4v) is 3.14. The molecule has 0 radical (unpaired) electrons. The number of hydrogen-bond acceptors (Lipinski definition) is 6. The first-order chi connectivity index (χ1) is 14.1. The maximum Gasteiger partial charge on any atom is 0.272 e. The summed E-state index contributed by atoms with van der Waals surface area (Å²) in [5.74, 6) is 1.96. The summed E-state index contributed by atoms with van der Waals surface area (Å²) in [7, 11) is 1.78. The monoisotopic (exact) mass is 426 g/mol. The normalized spacial score (nSPS) is 11.8. The Kier molecular flexibility index (Phi) is 5.64. The Hall–Kier alpha value is -3.09. The van der Waals surface area contributed by atoms with Crippen molar-refractivity contribution in [2.75, 3.05) is 12.4 Å². The van der Waals surface area contributed by atoms with E-state index in [1.807, 2.05) is 24.3 Å². The lowest BCUT2D eigenvalue weighted by Gasteiger charge is -2.16. The molecule has 2 aromatic carbocycles. The number of halogens is 2. The molecule has 0 aliphatic rings. The molecule has 8 heteroatoms. The summed E-state index contributed by atoms with van der Waals surface area (Å²) in [5, 5.41) is 8.34. The number of nitrogens with one attached hydrogen (secondary N) is 1. The number of rotatable bonds is 6. The van der Waals surface area contributed by atoms with Gasteiger partial charge in [-0.2, -0.15) is 4.98 Å². The summed E-state index contributed by atoms with van der Waals surface area (Å²) in [6, 6.07) is 18.0. The molecule has 1 unspecified atom stereocenters. The lowest BCUT2D eigenvalue weighted by atomic mass is 10.1. The third-order valence-corrected chi connectivity index (χ3v) is 4.66. The minimum Gasteiger partial charge on any atom is -0.476 e. The van der Waals surface area contributed by atoms with E-state index in [2.05, 4.69) is 20.4 Å². The third kappa shape index (κ3) is 4.34. The molecule has 146 valence electrons. The van der Waals surface area contributed by atoms with Crippen LogP contribution < -0.4 is 10.1 Å². The zero-order valence-corrected chi connectivity index (χ0v) is 16.9. The van der Waals surface area contributed by atoms with Gasteiger partial charge in [0.1, 0.15) is 11.6 Å². The Morgan fingerprint density at radius 3 is 2.59 bits per heavy atom. The van der Waals surface area contributed by atoms with Crippen LogP contribution in [0.15, 0.2) is 71.4 Å². The van der Waals surface area contributed by atoms with Gasteiger partial charge in [-0.1, -0.05) is 40.5 Å². The number of nitrogens with zero attached hydrogens (tertiary/aromatic N) is 3. The molecule has 2 aromatic heterocycles. The van der Waals surface area contributed by atoms with Gasteiger partial charge >= 0.3 is 0 Å². The second-order valence-corrected chi connectivity index (χ2v) is 6.99. The maximum absolute atomic E-state index is 6.18. The van der Waals surface area contributed by atoms with Gasteiger partial charge in [0.2, 0.25) is 11.9 Å². The Morgan fingerprint density at radius 2 is 1.83 bits per heavy atom. The molecule has 1 atom stereocenters. The number of hydrogen-bond donors (Lipinski definition) is 1. The summed E-state index contributed by atoms with van der Waals surface area (Å²) in [6.07, 6.45) is 1.04. The number of pyridine rings is 1. The molecule has 0 fully saturated rings. The highest BCUT2D eigenvalue weighted by atomic mass is 35.5. The van der Waals surface area contributed by atoms with Crippen molar-refractivity contribution in [3.8, 4) is 17.1 Å². The van der Waals surface area contributed by atoms with Crippen LogP contribution in [0.1, 0.15) is 17.6 Å². The van der Waals surface area contributed by atoms with Crippen LogP contribution in [0.25, 0.3) is 11.4 Å². The number of aromatic nitrogens is 3. The van der Waals surface area contributed by atoms with E-state index in [-0.39, 0.29) is 0 Å². The zero-order valence-electron chi connectivity index (χ0n) is 15.3. The molecule has 0 saturated heterocycles. The van der Waals surface area contributed by atoms with Gasteiger partial charge in [-0.25, -0.2) is 4.98 Å². The molecule has 4 rings (SSSR count). The fraction of sp³-hybridized carbons (Fsp3) is 0.0952. The molecular weight excluding hydrogens is 411 g/mol. The van der Waals surface area contributed by atoms with Crippen LogP contribution in [0.2, 0.25) is 10.0 Å². The summed E-state index contributed by atoms with van der Waals surface area (Å²) in [5.41, 5.74) is 1.50. The van der Waals surface area contributed by atoms with Gasteiger partial charge in [-0.15, -0.1) is 0 Å². The zero-order chi connectivity index (χ0) is 20.2. The quantitative estimate of drug-likeness (QED) is 0.429. The highest BCUT2D eigenvalue weighted by Crippen LogP contribution is 2.31. The van der Waals surface area contributed by atoms with Crippen molar-refractivity contribution in [2.24, 2.45) is 0 Å². The SMILES string of the molecule is CNc1ncccc1-c1noc(C(Oc2ccc(Cl)cc2)c2cccc(Cl)c2)n1. The Bertz CT molecular complexity index is 1120.